The fourth-order valence-electron chi connectivity index (χ4n) is 8.09. The van der Waals surface area contributed by atoms with E-state index in [9.17, 15) is 4.79 Å². The third-order valence-electron chi connectivity index (χ3n) is 9.45. The lowest BCUT2D eigenvalue weighted by molar-refractivity contribution is -0.134. The Morgan fingerprint density at radius 1 is 0.926 bits per heavy atom. The SMILES string of the molecule is CC1CCC2(C)C(CC[C@@H]3C2CC[C@@]2(C)C3CC[C@@H]2C(=O)CBr)C1.CCC. The molecule has 0 aromatic rings. The molecule has 8 atom stereocenters. The minimum absolute atomic E-state index is 0.303. The molecular weight excluding hydrogens is 396 g/mol. The van der Waals surface area contributed by atoms with Crippen LogP contribution in [0.1, 0.15) is 98.8 Å². The minimum atomic E-state index is 0.303. The van der Waals surface area contributed by atoms with Crippen molar-refractivity contribution in [2.45, 2.75) is 98.8 Å². The number of carbonyl (C=O) groups is 1. The number of hydrogen-bond acceptors (Lipinski definition) is 1. The van der Waals surface area contributed by atoms with E-state index in [4.69, 9.17) is 0 Å². The van der Waals surface area contributed by atoms with E-state index in [0.29, 0.717) is 27.9 Å². The van der Waals surface area contributed by atoms with Gasteiger partial charge in [0.05, 0.1) is 5.33 Å². The smallest absolute Gasteiger partial charge is 0.147 e. The maximum absolute atomic E-state index is 12.5. The summed E-state index contributed by atoms with van der Waals surface area (Å²) in [5.41, 5.74) is 0.908. The lowest BCUT2D eigenvalue weighted by Crippen LogP contribution is -2.53. The van der Waals surface area contributed by atoms with E-state index >= 15 is 0 Å². The molecule has 0 bridgehead atoms. The maximum atomic E-state index is 12.5. The highest BCUT2D eigenvalue weighted by atomic mass is 79.9. The Kier molecular flexibility index (Phi) is 6.87. The van der Waals surface area contributed by atoms with Crippen molar-refractivity contribution in [1.82, 2.24) is 0 Å². The van der Waals surface area contributed by atoms with Gasteiger partial charge in [-0.3, -0.25) is 4.79 Å². The first kappa shape index (κ1) is 21.8. The fourth-order valence-corrected chi connectivity index (χ4v) is 8.49. The second-order valence-corrected chi connectivity index (χ2v) is 11.6. The molecular formula is C25H43BrO. The van der Waals surface area contributed by atoms with Gasteiger partial charge in [0.2, 0.25) is 0 Å². The predicted molar refractivity (Wildman–Crippen MR) is 119 cm³/mol. The summed E-state index contributed by atoms with van der Waals surface area (Å²) in [5.74, 6) is 5.41. The maximum Gasteiger partial charge on any atom is 0.147 e. The van der Waals surface area contributed by atoms with Gasteiger partial charge in [-0.05, 0) is 91.8 Å². The summed E-state index contributed by atoms with van der Waals surface area (Å²) in [6, 6.07) is 0. The van der Waals surface area contributed by atoms with E-state index < -0.39 is 0 Å². The van der Waals surface area contributed by atoms with E-state index in [1.807, 2.05) is 0 Å². The van der Waals surface area contributed by atoms with Gasteiger partial charge < -0.3 is 0 Å². The number of alkyl halides is 1. The molecule has 156 valence electrons. The van der Waals surface area contributed by atoms with Gasteiger partial charge in [-0.15, -0.1) is 0 Å². The van der Waals surface area contributed by atoms with Crippen LogP contribution in [0.3, 0.4) is 0 Å². The van der Waals surface area contributed by atoms with Crippen molar-refractivity contribution in [3.05, 3.63) is 0 Å². The molecule has 0 N–H and O–H groups in total. The zero-order chi connectivity index (χ0) is 19.8. The molecule has 0 radical (unpaired) electrons. The Labute approximate surface area is 177 Å². The summed E-state index contributed by atoms with van der Waals surface area (Å²) in [6.07, 6.45) is 13.7. The van der Waals surface area contributed by atoms with E-state index in [2.05, 4.69) is 50.5 Å². The molecule has 4 fully saturated rings. The average Bonchev–Trinajstić information content (AvgIpc) is 2.99. The fraction of sp³-hybridized carbons (Fsp3) is 0.960. The summed E-state index contributed by atoms with van der Waals surface area (Å²) in [7, 11) is 0. The molecule has 5 unspecified atom stereocenters. The Bertz CT molecular complexity index is 530. The molecule has 0 amide bonds. The van der Waals surface area contributed by atoms with Crippen LogP contribution in [0.15, 0.2) is 0 Å². The van der Waals surface area contributed by atoms with Crippen molar-refractivity contribution < 1.29 is 4.79 Å². The van der Waals surface area contributed by atoms with Gasteiger partial charge in [0.1, 0.15) is 5.78 Å². The highest BCUT2D eigenvalue weighted by Gasteiger charge is 2.60. The van der Waals surface area contributed by atoms with Crippen LogP contribution >= 0.6 is 15.9 Å². The molecule has 4 aliphatic carbocycles. The van der Waals surface area contributed by atoms with Crippen molar-refractivity contribution >= 4 is 21.7 Å². The lowest BCUT2D eigenvalue weighted by atomic mass is 9.44. The molecule has 0 heterocycles. The third-order valence-corrected chi connectivity index (χ3v) is 10.0. The first-order chi connectivity index (χ1) is 12.8. The van der Waals surface area contributed by atoms with Gasteiger partial charge in [-0.25, -0.2) is 0 Å². The molecule has 27 heavy (non-hydrogen) atoms. The zero-order valence-electron chi connectivity index (χ0n) is 18.5. The first-order valence-corrected chi connectivity index (χ1v) is 13.0. The van der Waals surface area contributed by atoms with Gasteiger partial charge in [0, 0.05) is 5.92 Å². The number of halogens is 1. The Morgan fingerprint density at radius 3 is 2.22 bits per heavy atom. The van der Waals surface area contributed by atoms with Crippen LogP contribution in [0.2, 0.25) is 0 Å². The lowest BCUT2D eigenvalue weighted by Gasteiger charge is -2.61. The van der Waals surface area contributed by atoms with Crippen molar-refractivity contribution in [1.29, 1.82) is 0 Å². The number of hydrogen-bond donors (Lipinski definition) is 0. The third kappa shape index (κ3) is 3.71. The molecule has 0 aromatic carbocycles. The van der Waals surface area contributed by atoms with Gasteiger partial charge in [-0.2, -0.15) is 0 Å². The summed E-state index contributed by atoms with van der Waals surface area (Å²) in [6.45, 7) is 11.8. The summed E-state index contributed by atoms with van der Waals surface area (Å²) in [4.78, 5) is 12.5. The molecule has 4 aliphatic rings. The molecule has 4 rings (SSSR count). The monoisotopic (exact) mass is 438 g/mol. The topological polar surface area (TPSA) is 17.1 Å². The van der Waals surface area contributed by atoms with Gasteiger partial charge in [-0.1, -0.05) is 63.4 Å². The van der Waals surface area contributed by atoms with Gasteiger partial charge in [0.15, 0.2) is 0 Å². The Morgan fingerprint density at radius 2 is 1.56 bits per heavy atom. The largest absolute Gasteiger partial charge is 0.298 e. The number of rotatable bonds is 2. The average molecular weight is 440 g/mol. The quantitative estimate of drug-likeness (QED) is 0.404. The van der Waals surface area contributed by atoms with Crippen LogP contribution in [-0.2, 0) is 4.79 Å². The second-order valence-electron chi connectivity index (χ2n) is 11.0. The second kappa shape index (κ2) is 8.49. The van der Waals surface area contributed by atoms with Crippen molar-refractivity contribution in [2.75, 3.05) is 5.33 Å². The molecule has 0 aliphatic heterocycles. The zero-order valence-corrected chi connectivity index (χ0v) is 20.1. The number of ketones is 1. The van der Waals surface area contributed by atoms with Crippen LogP contribution in [0.25, 0.3) is 0 Å². The Balaban J connectivity index is 0.000000659. The molecule has 0 spiro atoms. The van der Waals surface area contributed by atoms with Crippen LogP contribution in [0, 0.1) is 46.3 Å². The molecule has 4 saturated carbocycles. The van der Waals surface area contributed by atoms with Gasteiger partial charge in [0.25, 0.3) is 0 Å². The predicted octanol–water partition coefficient (Wildman–Crippen LogP) is 7.66. The van der Waals surface area contributed by atoms with Crippen LogP contribution in [0.4, 0.5) is 0 Å². The number of carbonyl (C=O) groups excluding carboxylic acids is 1. The normalized spacial score (nSPS) is 48.5. The van der Waals surface area contributed by atoms with Crippen molar-refractivity contribution in [2.24, 2.45) is 46.3 Å². The van der Waals surface area contributed by atoms with E-state index in [1.165, 1.54) is 57.8 Å². The van der Waals surface area contributed by atoms with Crippen LogP contribution in [0.5, 0.6) is 0 Å². The van der Waals surface area contributed by atoms with Crippen LogP contribution in [-0.4, -0.2) is 11.1 Å². The summed E-state index contributed by atoms with van der Waals surface area (Å²) < 4.78 is 0. The summed E-state index contributed by atoms with van der Waals surface area (Å²) in [5, 5.41) is 0.561. The highest BCUT2D eigenvalue weighted by Crippen LogP contribution is 2.67. The van der Waals surface area contributed by atoms with E-state index in [-0.39, 0.29) is 0 Å². The Hall–Kier alpha value is 0.150. The molecule has 0 saturated heterocycles. The standard InChI is InChI=1S/C22H35BrO.C3H8/c1-14-8-10-21(2)15(12-14)4-5-16-17-6-7-19(20(24)13-23)22(17,3)11-9-18(16)21;1-3-2/h14-19H,4-13H2,1-3H3;3H2,1-2H3/t14?,15?,16-,17?,18?,19+,21?,22-;/m0./s1. The van der Waals surface area contributed by atoms with E-state index in [0.717, 1.165) is 36.0 Å². The summed E-state index contributed by atoms with van der Waals surface area (Å²) >= 11 is 3.44. The molecule has 2 heteroatoms. The number of Topliss-reactive ketones (excluding diaryl/α,β-unsaturated/α-hetero) is 1. The molecule has 0 aromatic heterocycles. The molecule has 1 nitrogen and oxygen atoms in total. The van der Waals surface area contributed by atoms with Crippen LogP contribution < -0.4 is 0 Å². The number of fused-ring (bicyclic) bond motifs is 5. The first-order valence-electron chi connectivity index (χ1n) is 11.9. The minimum Gasteiger partial charge on any atom is -0.298 e. The van der Waals surface area contributed by atoms with Crippen molar-refractivity contribution in [3.8, 4) is 0 Å². The van der Waals surface area contributed by atoms with E-state index in [1.54, 1.807) is 0 Å². The van der Waals surface area contributed by atoms with Gasteiger partial charge >= 0.3 is 0 Å². The highest BCUT2D eigenvalue weighted by molar-refractivity contribution is 9.09. The van der Waals surface area contributed by atoms with Crippen molar-refractivity contribution in [3.63, 3.8) is 0 Å².